The van der Waals surface area contributed by atoms with E-state index in [4.69, 9.17) is 4.74 Å². The van der Waals surface area contributed by atoms with Gasteiger partial charge < -0.3 is 10.1 Å². The van der Waals surface area contributed by atoms with E-state index in [1.54, 1.807) is 7.11 Å². The summed E-state index contributed by atoms with van der Waals surface area (Å²) < 4.78 is 5.27. The van der Waals surface area contributed by atoms with Crippen LogP contribution >= 0.6 is 0 Å². The molecule has 1 atom stereocenters. The first kappa shape index (κ1) is 22.1. The number of aryl methyl sites for hydroxylation is 1. The summed E-state index contributed by atoms with van der Waals surface area (Å²) in [6.07, 6.45) is 1.92. The van der Waals surface area contributed by atoms with E-state index in [1.807, 2.05) is 91.0 Å². The van der Waals surface area contributed by atoms with Crippen molar-refractivity contribution in [2.45, 2.75) is 13.0 Å². The maximum absolute atomic E-state index is 13.7. The third-order valence-corrected chi connectivity index (χ3v) is 5.58. The van der Waals surface area contributed by atoms with Crippen LogP contribution in [-0.2, 0) is 4.79 Å². The summed E-state index contributed by atoms with van der Waals surface area (Å²) in [6.45, 7) is 2.06. The van der Waals surface area contributed by atoms with Gasteiger partial charge in [-0.05, 0) is 47.4 Å². The van der Waals surface area contributed by atoms with Crippen LogP contribution < -0.4 is 10.1 Å². The lowest BCUT2D eigenvalue weighted by Crippen LogP contribution is -2.30. The smallest absolute Gasteiger partial charge is 0.252 e. The Morgan fingerprint density at radius 1 is 0.758 bits per heavy atom. The molecule has 0 aliphatic rings. The van der Waals surface area contributed by atoms with Crippen molar-refractivity contribution in [3.05, 3.63) is 137 Å². The minimum absolute atomic E-state index is 0.133. The first-order chi connectivity index (χ1) is 16.1. The summed E-state index contributed by atoms with van der Waals surface area (Å²) in [4.78, 5) is 13.7. The molecule has 0 radical (unpaired) electrons. The topological polar surface area (TPSA) is 38.3 Å². The molecule has 3 nitrogen and oxygen atoms in total. The molecule has 0 bridgehead atoms. The number of carbonyl (C=O) groups excluding carboxylic acids is 1. The van der Waals surface area contributed by atoms with Gasteiger partial charge in [-0.25, -0.2) is 0 Å². The standard InChI is InChI=1S/C30H27NO2/c1-22-13-17-26(18-14-22)29(25-11-7-4-8-12-25)31-30(32)28(24-9-5-3-6-10-24)21-23-15-19-27(33-2)20-16-23/h3-21,29H,1-2H3,(H,31,32)/b28-21+. The molecule has 0 fully saturated rings. The summed E-state index contributed by atoms with van der Waals surface area (Å²) in [7, 11) is 1.64. The number of methoxy groups -OCH3 is 1. The van der Waals surface area contributed by atoms with Gasteiger partial charge in [0.1, 0.15) is 5.75 Å². The summed E-state index contributed by atoms with van der Waals surface area (Å²) in [5.41, 5.74) is 5.65. The number of nitrogens with one attached hydrogen (secondary N) is 1. The number of carbonyl (C=O) groups is 1. The van der Waals surface area contributed by atoms with Crippen molar-refractivity contribution in [2.24, 2.45) is 0 Å². The lowest BCUT2D eigenvalue weighted by molar-refractivity contribution is -0.116. The van der Waals surface area contributed by atoms with E-state index >= 15 is 0 Å². The van der Waals surface area contributed by atoms with Crippen molar-refractivity contribution in [1.29, 1.82) is 0 Å². The highest BCUT2D eigenvalue weighted by atomic mass is 16.5. The third kappa shape index (κ3) is 5.58. The number of hydrogen-bond acceptors (Lipinski definition) is 2. The highest BCUT2D eigenvalue weighted by Crippen LogP contribution is 2.26. The Morgan fingerprint density at radius 2 is 1.33 bits per heavy atom. The van der Waals surface area contributed by atoms with Gasteiger partial charge in [0.05, 0.1) is 13.2 Å². The Labute approximate surface area is 195 Å². The fourth-order valence-corrected chi connectivity index (χ4v) is 3.74. The Balaban J connectivity index is 1.72. The molecule has 4 rings (SSSR count). The molecule has 1 amide bonds. The maximum atomic E-state index is 13.7. The second-order valence-electron chi connectivity index (χ2n) is 7.93. The molecule has 0 saturated heterocycles. The van der Waals surface area contributed by atoms with E-state index < -0.39 is 0 Å². The molecule has 0 aliphatic carbocycles. The van der Waals surface area contributed by atoms with Crippen LogP contribution in [0.2, 0.25) is 0 Å². The van der Waals surface area contributed by atoms with Crippen molar-refractivity contribution in [3.63, 3.8) is 0 Å². The summed E-state index contributed by atoms with van der Waals surface area (Å²) in [5, 5.41) is 3.28. The molecule has 0 saturated carbocycles. The lowest BCUT2D eigenvalue weighted by atomic mass is 9.96. The molecule has 33 heavy (non-hydrogen) atoms. The number of rotatable bonds is 7. The minimum atomic E-state index is -0.262. The predicted molar refractivity (Wildman–Crippen MR) is 135 cm³/mol. The monoisotopic (exact) mass is 433 g/mol. The van der Waals surface area contributed by atoms with Crippen molar-refractivity contribution in [1.82, 2.24) is 5.32 Å². The SMILES string of the molecule is COc1ccc(/C=C(/C(=O)NC(c2ccccc2)c2ccc(C)cc2)c2ccccc2)cc1. The molecule has 4 aromatic carbocycles. The number of ether oxygens (including phenoxy) is 1. The van der Waals surface area contributed by atoms with E-state index in [1.165, 1.54) is 5.56 Å². The van der Waals surface area contributed by atoms with Gasteiger partial charge in [-0.15, -0.1) is 0 Å². The molecule has 4 aromatic rings. The van der Waals surface area contributed by atoms with Gasteiger partial charge in [-0.3, -0.25) is 4.79 Å². The van der Waals surface area contributed by atoms with E-state index in [2.05, 4.69) is 36.5 Å². The molecular weight excluding hydrogens is 406 g/mol. The highest BCUT2D eigenvalue weighted by Gasteiger charge is 2.20. The van der Waals surface area contributed by atoms with Crippen molar-refractivity contribution < 1.29 is 9.53 Å². The lowest BCUT2D eigenvalue weighted by Gasteiger charge is -2.21. The molecule has 1 unspecified atom stereocenters. The van der Waals surface area contributed by atoms with Gasteiger partial charge in [-0.2, -0.15) is 0 Å². The Morgan fingerprint density at radius 3 is 1.94 bits per heavy atom. The molecule has 164 valence electrons. The van der Waals surface area contributed by atoms with Gasteiger partial charge in [0.2, 0.25) is 0 Å². The summed E-state index contributed by atoms with van der Waals surface area (Å²) in [6, 6.07) is 35.5. The van der Waals surface area contributed by atoms with Gasteiger partial charge in [0.15, 0.2) is 0 Å². The first-order valence-electron chi connectivity index (χ1n) is 11.0. The average Bonchev–Trinajstić information content (AvgIpc) is 2.88. The van der Waals surface area contributed by atoms with Crippen LogP contribution in [0.25, 0.3) is 11.6 Å². The van der Waals surface area contributed by atoms with E-state index in [9.17, 15) is 4.79 Å². The molecule has 0 aliphatic heterocycles. The zero-order valence-corrected chi connectivity index (χ0v) is 18.9. The molecule has 0 heterocycles. The second-order valence-corrected chi connectivity index (χ2v) is 7.93. The van der Waals surface area contributed by atoms with Gasteiger partial charge >= 0.3 is 0 Å². The van der Waals surface area contributed by atoms with Crippen LogP contribution in [0, 0.1) is 6.92 Å². The van der Waals surface area contributed by atoms with Crippen LogP contribution in [-0.4, -0.2) is 13.0 Å². The molecule has 0 aromatic heterocycles. The van der Waals surface area contributed by atoms with E-state index in [0.717, 1.165) is 28.0 Å². The van der Waals surface area contributed by atoms with Crippen molar-refractivity contribution in [3.8, 4) is 5.75 Å². The highest BCUT2D eigenvalue weighted by molar-refractivity contribution is 6.24. The quantitative estimate of drug-likeness (QED) is 0.269. The molecular formula is C30H27NO2. The zero-order chi connectivity index (χ0) is 23.0. The average molecular weight is 434 g/mol. The van der Waals surface area contributed by atoms with Gasteiger partial charge in [-0.1, -0.05) is 103 Å². The van der Waals surface area contributed by atoms with E-state index in [0.29, 0.717) is 5.57 Å². The first-order valence-corrected chi connectivity index (χ1v) is 11.0. The van der Waals surface area contributed by atoms with Crippen LogP contribution in [0.15, 0.2) is 109 Å². The fraction of sp³-hybridized carbons (Fsp3) is 0.100. The molecule has 0 spiro atoms. The van der Waals surface area contributed by atoms with Gasteiger partial charge in [0.25, 0.3) is 5.91 Å². The van der Waals surface area contributed by atoms with Gasteiger partial charge in [0, 0.05) is 5.57 Å². The molecule has 3 heteroatoms. The summed E-state index contributed by atoms with van der Waals surface area (Å²) >= 11 is 0. The summed E-state index contributed by atoms with van der Waals surface area (Å²) in [5.74, 6) is 0.646. The maximum Gasteiger partial charge on any atom is 0.252 e. The number of benzene rings is 4. The van der Waals surface area contributed by atoms with Crippen LogP contribution in [0.5, 0.6) is 5.75 Å². The number of amides is 1. The van der Waals surface area contributed by atoms with Crippen LogP contribution in [0.4, 0.5) is 0 Å². The van der Waals surface area contributed by atoms with Crippen LogP contribution in [0.1, 0.15) is 33.9 Å². The Hall–Kier alpha value is -4.11. The Kier molecular flexibility index (Phi) is 7.01. The predicted octanol–water partition coefficient (Wildman–Crippen LogP) is 6.45. The zero-order valence-electron chi connectivity index (χ0n) is 18.9. The van der Waals surface area contributed by atoms with E-state index in [-0.39, 0.29) is 11.9 Å². The second kappa shape index (κ2) is 10.5. The Bertz CT molecular complexity index is 1210. The fourth-order valence-electron chi connectivity index (χ4n) is 3.74. The third-order valence-electron chi connectivity index (χ3n) is 5.58. The largest absolute Gasteiger partial charge is 0.497 e. The molecule has 1 N–H and O–H groups in total. The normalized spacial score (nSPS) is 12.1. The number of hydrogen-bond donors (Lipinski definition) is 1. The minimum Gasteiger partial charge on any atom is -0.497 e. The van der Waals surface area contributed by atoms with Crippen LogP contribution in [0.3, 0.4) is 0 Å². The van der Waals surface area contributed by atoms with Crippen molar-refractivity contribution in [2.75, 3.05) is 7.11 Å². The van der Waals surface area contributed by atoms with Crippen molar-refractivity contribution >= 4 is 17.6 Å².